The van der Waals surface area contributed by atoms with Crippen LogP contribution in [0.5, 0.6) is 0 Å². The predicted octanol–water partition coefficient (Wildman–Crippen LogP) is -0.0931. The van der Waals surface area contributed by atoms with Gasteiger partial charge in [0.1, 0.15) is 0 Å². The van der Waals surface area contributed by atoms with Gasteiger partial charge in [-0.3, -0.25) is 0 Å². The third kappa shape index (κ3) is 1.21. The van der Waals surface area contributed by atoms with Crippen LogP contribution in [0.1, 0.15) is 9.80 Å². The van der Waals surface area contributed by atoms with Crippen LogP contribution in [0, 0.1) is 0 Å². The number of methoxy groups -OCH3 is 1. The van der Waals surface area contributed by atoms with E-state index in [1.54, 1.807) is 0 Å². The molecule has 2 N–H and O–H groups in total. The van der Waals surface area contributed by atoms with Gasteiger partial charge in [0.15, 0.2) is 0 Å². The van der Waals surface area contributed by atoms with Gasteiger partial charge < -0.3 is 10.5 Å². The second-order valence-electron chi connectivity index (χ2n) is 1.44. The molecule has 5 nitrogen and oxygen atoms in total. The zero-order valence-corrected chi connectivity index (χ0v) is 6.01. The molecule has 0 saturated carbocycles. The van der Waals surface area contributed by atoms with Crippen molar-refractivity contribution in [3.8, 4) is 0 Å². The molecule has 0 aliphatic rings. The minimum absolute atomic E-state index is 0.181. The Morgan fingerprint density at radius 1 is 1.70 bits per heavy atom. The highest BCUT2D eigenvalue weighted by Crippen LogP contribution is 2.10. The maximum absolute atomic E-state index is 10.7. The van der Waals surface area contributed by atoms with Crippen molar-refractivity contribution in [3.05, 3.63) is 5.01 Å². The fourth-order valence-corrected chi connectivity index (χ4v) is 0.932. The quantitative estimate of drug-likeness (QED) is 0.579. The summed E-state index contributed by atoms with van der Waals surface area (Å²) in [5.41, 5.74) is 5.21. The highest BCUT2D eigenvalue weighted by molar-refractivity contribution is 7.16. The summed E-state index contributed by atoms with van der Waals surface area (Å²) >= 11 is 1.00. The van der Waals surface area contributed by atoms with Gasteiger partial charge in [0.05, 0.1) is 7.11 Å². The summed E-state index contributed by atoms with van der Waals surface area (Å²) in [7, 11) is 1.28. The monoisotopic (exact) mass is 159 g/mol. The molecule has 0 saturated heterocycles. The number of carbonyl (C=O) groups excluding carboxylic acids is 1. The van der Waals surface area contributed by atoms with Gasteiger partial charge in [-0.15, -0.1) is 10.2 Å². The average Bonchev–Trinajstić information content (AvgIpc) is 2.34. The summed E-state index contributed by atoms with van der Waals surface area (Å²) in [6.07, 6.45) is 0. The second-order valence-corrected chi connectivity index (χ2v) is 2.45. The number of anilines is 1. The molecule has 1 aromatic heterocycles. The zero-order valence-electron chi connectivity index (χ0n) is 5.20. The molecule has 0 radical (unpaired) electrons. The normalized spacial score (nSPS) is 9.30. The van der Waals surface area contributed by atoms with Crippen molar-refractivity contribution >= 4 is 22.4 Å². The minimum atomic E-state index is -0.505. The van der Waals surface area contributed by atoms with E-state index in [0.717, 1.165) is 11.3 Å². The van der Waals surface area contributed by atoms with Crippen molar-refractivity contribution < 1.29 is 9.53 Å². The van der Waals surface area contributed by atoms with E-state index in [4.69, 9.17) is 5.73 Å². The number of hydrogen-bond donors (Lipinski definition) is 1. The Labute approximate surface area is 60.8 Å². The summed E-state index contributed by atoms with van der Waals surface area (Å²) in [5.74, 6) is -0.505. The van der Waals surface area contributed by atoms with E-state index in [1.165, 1.54) is 7.11 Å². The lowest BCUT2D eigenvalue weighted by atomic mass is 10.7. The first-order valence-corrected chi connectivity index (χ1v) is 3.23. The Balaban J connectivity index is 2.85. The largest absolute Gasteiger partial charge is 0.464 e. The fraction of sp³-hybridized carbons (Fsp3) is 0.250. The lowest BCUT2D eigenvalue weighted by Crippen LogP contribution is -1.99. The van der Waals surface area contributed by atoms with Crippen LogP contribution in [0.3, 0.4) is 0 Å². The maximum atomic E-state index is 10.7. The van der Waals surface area contributed by atoms with Gasteiger partial charge in [0, 0.05) is 0 Å². The zero-order chi connectivity index (χ0) is 7.56. The van der Waals surface area contributed by atoms with Gasteiger partial charge >= 0.3 is 5.97 Å². The van der Waals surface area contributed by atoms with E-state index in [2.05, 4.69) is 14.9 Å². The van der Waals surface area contributed by atoms with E-state index in [0.29, 0.717) is 0 Å². The van der Waals surface area contributed by atoms with Crippen LogP contribution in [0.15, 0.2) is 0 Å². The molecule has 0 unspecified atom stereocenters. The minimum Gasteiger partial charge on any atom is -0.464 e. The van der Waals surface area contributed by atoms with E-state index < -0.39 is 5.97 Å². The number of aromatic nitrogens is 2. The lowest BCUT2D eigenvalue weighted by molar-refractivity contribution is 0.0599. The molecule has 0 atom stereocenters. The van der Waals surface area contributed by atoms with Gasteiger partial charge in [-0.25, -0.2) is 4.79 Å². The van der Waals surface area contributed by atoms with Crippen molar-refractivity contribution in [2.24, 2.45) is 0 Å². The van der Waals surface area contributed by atoms with Crippen molar-refractivity contribution in [1.29, 1.82) is 0 Å². The first-order valence-electron chi connectivity index (χ1n) is 2.41. The molecule has 0 bridgehead atoms. The third-order valence-electron chi connectivity index (χ3n) is 0.801. The van der Waals surface area contributed by atoms with Gasteiger partial charge in [0.2, 0.25) is 10.1 Å². The highest BCUT2D eigenvalue weighted by Gasteiger charge is 2.10. The number of hydrogen-bond acceptors (Lipinski definition) is 6. The van der Waals surface area contributed by atoms with Crippen LogP contribution in [0.25, 0.3) is 0 Å². The molecule has 1 rings (SSSR count). The van der Waals surface area contributed by atoms with Crippen LogP contribution in [0.4, 0.5) is 5.13 Å². The second kappa shape index (κ2) is 2.61. The summed E-state index contributed by atoms with van der Waals surface area (Å²) in [6.45, 7) is 0. The molecule has 10 heavy (non-hydrogen) atoms. The highest BCUT2D eigenvalue weighted by atomic mass is 32.1. The standard InChI is InChI=1S/C4H5N3O2S/c1-9-3(8)2-6-7-4(5)10-2/h1H3,(H2,5,7). The molecule has 0 aliphatic carbocycles. The predicted molar refractivity (Wildman–Crippen MR) is 35.7 cm³/mol. The van der Waals surface area contributed by atoms with Crippen LogP contribution in [-0.2, 0) is 4.74 Å². The Morgan fingerprint density at radius 3 is 2.80 bits per heavy atom. The number of rotatable bonds is 1. The van der Waals surface area contributed by atoms with Gasteiger partial charge in [-0.2, -0.15) is 0 Å². The molecule has 0 amide bonds. The van der Waals surface area contributed by atoms with Gasteiger partial charge in [-0.05, 0) is 0 Å². The Bertz CT molecular complexity index is 246. The van der Waals surface area contributed by atoms with Crippen LogP contribution in [0.2, 0.25) is 0 Å². The molecule has 0 aromatic carbocycles. The number of carbonyl (C=O) groups is 1. The van der Waals surface area contributed by atoms with Crippen molar-refractivity contribution in [2.75, 3.05) is 12.8 Å². The third-order valence-corrected chi connectivity index (χ3v) is 1.53. The topological polar surface area (TPSA) is 78.1 Å². The molecule has 54 valence electrons. The summed E-state index contributed by atoms with van der Waals surface area (Å²) in [5, 5.41) is 7.33. The lowest BCUT2D eigenvalue weighted by Gasteiger charge is -1.87. The molecular formula is C4H5N3O2S. The smallest absolute Gasteiger partial charge is 0.369 e. The molecule has 6 heteroatoms. The summed E-state index contributed by atoms with van der Waals surface area (Å²) in [6, 6.07) is 0. The van der Waals surface area contributed by atoms with E-state index in [-0.39, 0.29) is 10.1 Å². The Morgan fingerprint density at radius 2 is 2.40 bits per heavy atom. The number of nitrogens with two attached hydrogens (primary N) is 1. The number of esters is 1. The first-order chi connectivity index (χ1) is 4.74. The summed E-state index contributed by atoms with van der Waals surface area (Å²) in [4.78, 5) is 10.7. The first kappa shape index (κ1) is 6.94. The SMILES string of the molecule is COC(=O)c1nnc(N)s1. The number of nitrogens with zero attached hydrogens (tertiary/aromatic N) is 2. The van der Waals surface area contributed by atoms with Gasteiger partial charge in [0.25, 0.3) is 0 Å². The molecule has 1 heterocycles. The number of ether oxygens (including phenoxy) is 1. The molecule has 0 fully saturated rings. The van der Waals surface area contributed by atoms with Crippen LogP contribution < -0.4 is 5.73 Å². The molecule has 0 spiro atoms. The Kier molecular flexibility index (Phi) is 1.81. The Hall–Kier alpha value is -1.17. The van der Waals surface area contributed by atoms with Crippen molar-refractivity contribution in [1.82, 2.24) is 10.2 Å². The maximum Gasteiger partial charge on any atom is 0.369 e. The molecule has 1 aromatic rings. The fourth-order valence-electron chi connectivity index (χ4n) is 0.404. The molecule has 0 aliphatic heterocycles. The average molecular weight is 159 g/mol. The van der Waals surface area contributed by atoms with Crippen molar-refractivity contribution in [2.45, 2.75) is 0 Å². The summed E-state index contributed by atoms with van der Waals surface area (Å²) < 4.78 is 4.36. The van der Waals surface area contributed by atoms with Crippen molar-refractivity contribution in [3.63, 3.8) is 0 Å². The number of nitrogen functional groups attached to an aromatic ring is 1. The van der Waals surface area contributed by atoms with Crippen LogP contribution in [-0.4, -0.2) is 23.3 Å². The van der Waals surface area contributed by atoms with Gasteiger partial charge in [-0.1, -0.05) is 11.3 Å². The van der Waals surface area contributed by atoms with E-state index in [9.17, 15) is 4.79 Å². The van der Waals surface area contributed by atoms with Crippen LogP contribution >= 0.6 is 11.3 Å². The van der Waals surface area contributed by atoms with E-state index >= 15 is 0 Å². The molecular weight excluding hydrogens is 154 g/mol. The van der Waals surface area contributed by atoms with E-state index in [1.807, 2.05) is 0 Å².